The number of carbonyl (C=O) groups is 3. The van der Waals surface area contributed by atoms with Gasteiger partial charge in [0.2, 0.25) is 11.8 Å². The van der Waals surface area contributed by atoms with Gasteiger partial charge in [0, 0.05) is 43.8 Å². The van der Waals surface area contributed by atoms with Crippen LogP contribution in [0.25, 0.3) is 0 Å². The monoisotopic (exact) mass is 601 g/mol. The Bertz CT molecular complexity index is 1120. The Morgan fingerprint density at radius 1 is 1.15 bits per heavy atom. The van der Waals surface area contributed by atoms with Gasteiger partial charge in [-0.2, -0.15) is 0 Å². The van der Waals surface area contributed by atoms with Gasteiger partial charge in [0.05, 0.1) is 17.9 Å². The number of hydrogen-bond acceptors (Lipinski definition) is 5. The number of likely N-dealkylation sites (tertiary alicyclic amines) is 1. The summed E-state index contributed by atoms with van der Waals surface area (Å²) in [5.74, 6) is -2.03. The Hall–Kier alpha value is -2.49. The number of carbonyl (C=O) groups excluding carboxylic acids is 3. The van der Waals surface area contributed by atoms with Crippen LogP contribution in [0.5, 0.6) is 0 Å². The number of unbranched alkanes of at least 4 members (excludes halogenated alkanes) is 2. The highest BCUT2D eigenvalue weighted by molar-refractivity contribution is 9.09. The van der Waals surface area contributed by atoms with Gasteiger partial charge in [-0.3, -0.25) is 14.4 Å². The summed E-state index contributed by atoms with van der Waals surface area (Å²) in [6, 6.07) is 5.01. The molecule has 0 aliphatic carbocycles. The molecule has 3 fully saturated rings. The Morgan fingerprint density at radius 3 is 2.44 bits per heavy atom. The Labute approximate surface area is 239 Å². The number of benzene rings is 1. The van der Waals surface area contributed by atoms with Crippen LogP contribution in [0.3, 0.4) is 0 Å². The molecule has 212 valence electrons. The Balaban J connectivity index is 1.80. The number of aliphatic hydroxyl groups excluding tert-OH is 1. The molecule has 0 saturated carbocycles. The number of fused-ring (bicyclic) bond motifs is 1. The third kappa shape index (κ3) is 4.98. The number of halogens is 1. The van der Waals surface area contributed by atoms with E-state index in [4.69, 9.17) is 4.74 Å². The first-order chi connectivity index (χ1) is 18.6. The normalized spacial score (nSPS) is 28.9. The molecular weight excluding hydrogens is 562 g/mol. The molecule has 3 amide bonds. The van der Waals surface area contributed by atoms with Gasteiger partial charge in [-0.1, -0.05) is 46.3 Å². The van der Waals surface area contributed by atoms with Gasteiger partial charge in [0.1, 0.15) is 11.6 Å². The summed E-state index contributed by atoms with van der Waals surface area (Å²) in [7, 11) is 1.70. The number of aryl methyl sites for hydroxylation is 2. The van der Waals surface area contributed by atoms with E-state index in [-0.39, 0.29) is 35.7 Å². The average molecular weight is 603 g/mol. The van der Waals surface area contributed by atoms with Crippen LogP contribution >= 0.6 is 15.9 Å². The molecule has 3 aliphatic rings. The van der Waals surface area contributed by atoms with E-state index in [9.17, 15) is 19.5 Å². The maximum absolute atomic E-state index is 14.7. The summed E-state index contributed by atoms with van der Waals surface area (Å²) < 4.78 is 6.65. The molecular formula is C30H40BrN3O5. The molecule has 3 saturated heterocycles. The first-order valence-electron chi connectivity index (χ1n) is 13.7. The summed E-state index contributed by atoms with van der Waals surface area (Å²) in [5, 5.41) is 9.27. The zero-order valence-electron chi connectivity index (χ0n) is 23.1. The summed E-state index contributed by atoms with van der Waals surface area (Å²) in [4.78, 5) is 47.3. The topological polar surface area (TPSA) is 90.4 Å². The fourth-order valence-corrected chi connectivity index (χ4v) is 7.78. The fraction of sp³-hybridized carbons (Fsp3) is 0.567. The number of para-hydroxylation sites is 1. The molecule has 39 heavy (non-hydrogen) atoms. The van der Waals surface area contributed by atoms with Crippen LogP contribution in [-0.2, 0) is 19.1 Å². The zero-order chi connectivity index (χ0) is 28.5. The van der Waals surface area contributed by atoms with Gasteiger partial charge in [-0.25, -0.2) is 0 Å². The van der Waals surface area contributed by atoms with Crippen molar-refractivity contribution in [2.45, 2.75) is 62.1 Å². The number of nitrogens with zero attached hydrogens (tertiary/aromatic N) is 3. The van der Waals surface area contributed by atoms with Crippen LogP contribution in [0.15, 0.2) is 43.5 Å². The zero-order valence-corrected chi connectivity index (χ0v) is 24.7. The molecule has 3 heterocycles. The van der Waals surface area contributed by atoms with Gasteiger partial charge in [0.15, 0.2) is 0 Å². The summed E-state index contributed by atoms with van der Waals surface area (Å²) >= 11 is 3.73. The van der Waals surface area contributed by atoms with Crippen molar-refractivity contribution in [2.75, 3.05) is 38.2 Å². The van der Waals surface area contributed by atoms with Crippen molar-refractivity contribution in [3.63, 3.8) is 0 Å². The van der Waals surface area contributed by atoms with Crippen LogP contribution in [0, 0.1) is 25.7 Å². The molecule has 6 atom stereocenters. The SMILES string of the molecule is C=CCN(C)C(=O)[C@H]1[C@H]2C(=O)N(CCCCCO)C(C(=O)N(CC=C)c3c(C)cccc3C)C23CC(Br)[C@@H]1O3. The first-order valence-corrected chi connectivity index (χ1v) is 14.6. The van der Waals surface area contributed by atoms with E-state index in [0.717, 1.165) is 23.2 Å². The molecule has 1 spiro atoms. The second kappa shape index (κ2) is 11.9. The van der Waals surface area contributed by atoms with Gasteiger partial charge in [0.25, 0.3) is 5.91 Å². The molecule has 0 aromatic heterocycles. The lowest BCUT2D eigenvalue weighted by molar-refractivity contribution is -0.144. The van der Waals surface area contributed by atoms with Crippen LogP contribution in [-0.4, -0.2) is 88.5 Å². The molecule has 1 N–H and O–H groups in total. The number of rotatable bonds is 12. The number of likely N-dealkylation sites (N-methyl/N-ethyl adjacent to an activating group) is 1. The van der Waals surface area contributed by atoms with E-state index < -0.39 is 29.6 Å². The lowest BCUT2D eigenvalue weighted by Gasteiger charge is -2.38. The third-order valence-corrected chi connectivity index (χ3v) is 9.28. The van der Waals surface area contributed by atoms with Gasteiger partial charge in [-0.15, -0.1) is 13.2 Å². The van der Waals surface area contributed by atoms with Crippen molar-refractivity contribution in [1.82, 2.24) is 9.80 Å². The molecule has 3 unspecified atom stereocenters. The van der Waals surface area contributed by atoms with Crippen molar-refractivity contribution in [3.05, 3.63) is 54.6 Å². The summed E-state index contributed by atoms with van der Waals surface area (Å²) in [6.45, 7) is 12.6. The van der Waals surface area contributed by atoms with E-state index >= 15 is 0 Å². The van der Waals surface area contributed by atoms with Gasteiger partial charge < -0.3 is 24.5 Å². The van der Waals surface area contributed by atoms with Crippen molar-refractivity contribution in [2.24, 2.45) is 11.8 Å². The molecule has 8 nitrogen and oxygen atoms in total. The molecule has 1 aromatic carbocycles. The number of amides is 3. The minimum Gasteiger partial charge on any atom is -0.396 e. The van der Waals surface area contributed by atoms with Crippen LogP contribution in [0.1, 0.15) is 36.8 Å². The van der Waals surface area contributed by atoms with Crippen LogP contribution in [0.2, 0.25) is 0 Å². The largest absolute Gasteiger partial charge is 0.396 e. The summed E-state index contributed by atoms with van der Waals surface area (Å²) in [6.07, 6.45) is 5.29. The van der Waals surface area contributed by atoms with Crippen molar-refractivity contribution >= 4 is 39.3 Å². The molecule has 0 radical (unpaired) electrons. The predicted molar refractivity (Wildman–Crippen MR) is 155 cm³/mol. The summed E-state index contributed by atoms with van der Waals surface area (Å²) in [5.41, 5.74) is 1.59. The molecule has 3 aliphatic heterocycles. The number of ether oxygens (including phenoxy) is 1. The molecule has 2 bridgehead atoms. The Morgan fingerprint density at radius 2 is 1.82 bits per heavy atom. The molecule has 1 aromatic rings. The van der Waals surface area contributed by atoms with Crippen LogP contribution in [0.4, 0.5) is 5.69 Å². The predicted octanol–water partition coefficient (Wildman–Crippen LogP) is 3.38. The van der Waals surface area contributed by atoms with Gasteiger partial charge >= 0.3 is 0 Å². The minimum atomic E-state index is -1.12. The minimum absolute atomic E-state index is 0.0742. The number of anilines is 1. The molecule has 9 heteroatoms. The van der Waals surface area contributed by atoms with Crippen molar-refractivity contribution < 1.29 is 24.2 Å². The van der Waals surface area contributed by atoms with E-state index in [1.54, 1.807) is 33.9 Å². The van der Waals surface area contributed by atoms with E-state index in [1.807, 2.05) is 32.0 Å². The Kier molecular flexibility index (Phi) is 9.03. The molecule has 4 rings (SSSR count). The smallest absolute Gasteiger partial charge is 0.253 e. The quantitative estimate of drug-likeness (QED) is 0.225. The maximum atomic E-state index is 14.7. The first kappa shape index (κ1) is 29.5. The second-order valence-electron chi connectivity index (χ2n) is 11.0. The standard InChI is InChI=1S/C30H40BrN3O5/c1-6-14-32(5)27(36)22-23-28(37)34(16-9-8-10-17-35)26(30(23)18-21(31)25(22)39-30)29(38)33(15-7-2)24-19(3)12-11-13-20(24)4/h6-7,11-13,21-23,25-26,35H,1-2,8-10,14-18H2,3-5H3/t21?,22-,23-,25-,26?,30?/m0/s1. The van der Waals surface area contributed by atoms with Gasteiger partial charge in [-0.05, 0) is 50.7 Å². The third-order valence-electron chi connectivity index (χ3n) is 8.43. The number of aliphatic hydroxyl groups is 1. The maximum Gasteiger partial charge on any atom is 0.253 e. The van der Waals surface area contributed by atoms with E-state index in [0.29, 0.717) is 32.4 Å². The lowest BCUT2D eigenvalue weighted by atomic mass is 9.70. The number of hydrogen-bond donors (Lipinski definition) is 1. The second-order valence-corrected chi connectivity index (χ2v) is 12.1. The highest BCUT2D eigenvalue weighted by Crippen LogP contribution is 2.60. The van der Waals surface area contributed by atoms with Crippen molar-refractivity contribution in [3.8, 4) is 0 Å². The van der Waals surface area contributed by atoms with Crippen LogP contribution < -0.4 is 4.90 Å². The highest BCUT2D eigenvalue weighted by atomic mass is 79.9. The van der Waals surface area contributed by atoms with Crippen molar-refractivity contribution in [1.29, 1.82) is 0 Å². The highest BCUT2D eigenvalue weighted by Gasteiger charge is 2.76. The lowest BCUT2D eigenvalue weighted by Crippen LogP contribution is -2.57. The number of alkyl halides is 1. The fourth-order valence-electron chi connectivity index (χ4n) is 6.84. The van der Waals surface area contributed by atoms with E-state index in [2.05, 4.69) is 29.1 Å². The average Bonchev–Trinajstić information content (AvgIpc) is 3.48. The van der Waals surface area contributed by atoms with E-state index in [1.165, 1.54) is 0 Å².